The van der Waals surface area contributed by atoms with Gasteiger partial charge in [0.1, 0.15) is 0 Å². The van der Waals surface area contributed by atoms with E-state index >= 15 is 0 Å². The Kier molecular flexibility index (Phi) is 4.07. The zero-order chi connectivity index (χ0) is 17.4. The van der Waals surface area contributed by atoms with Crippen LogP contribution in [0, 0.1) is 12.3 Å². The van der Waals surface area contributed by atoms with Crippen molar-refractivity contribution in [1.29, 1.82) is 0 Å². The molecule has 0 bridgehead atoms. The van der Waals surface area contributed by atoms with Gasteiger partial charge < -0.3 is 9.63 Å². The minimum atomic E-state index is -0.873. The van der Waals surface area contributed by atoms with Crippen molar-refractivity contribution in [3.8, 4) is 0 Å². The van der Waals surface area contributed by atoms with Crippen molar-refractivity contribution in [2.24, 2.45) is 5.41 Å². The van der Waals surface area contributed by atoms with Crippen molar-refractivity contribution >= 4 is 5.97 Å². The average Bonchev–Trinajstić information content (AvgIpc) is 3.00. The standard InChI is InChI=1S/C19H23N3O3/c1-13-20-17(25-21-13)16-10-19(11-16)6-8-22(9-7-19)12-14-2-4-15(5-3-14)18(23)24/h2-5,16H,6-12H2,1H3,(H,23,24). The fraction of sp³-hybridized carbons (Fsp3) is 0.526. The summed E-state index contributed by atoms with van der Waals surface area (Å²) >= 11 is 0. The van der Waals surface area contributed by atoms with Gasteiger partial charge in [-0.15, -0.1) is 0 Å². The van der Waals surface area contributed by atoms with Crippen molar-refractivity contribution in [2.45, 2.75) is 45.1 Å². The number of aromatic nitrogens is 2. The van der Waals surface area contributed by atoms with Crippen LogP contribution in [0.3, 0.4) is 0 Å². The molecule has 1 aliphatic carbocycles. The number of rotatable bonds is 4. The molecule has 0 amide bonds. The Hall–Kier alpha value is -2.21. The third kappa shape index (κ3) is 3.31. The van der Waals surface area contributed by atoms with Gasteiger partial charge in [0.2, 0.25) is 5.89 Å². The molecule has 1 saturated carbocycles. The summed E-state index contributed by atoms with van der Waals surface area (Å²) in [7, 11) is 0. The number of likely N-dealkylation sites (tertiary alicyclic amines) is 1. The van der Waals surface area contributed by atoms with Crippen molar-refractivity contribution in [2.75, 3.05) is 13.1 Å². The maximum absolute atomic E-state index is 10.9. The van der Waals surface area contributed by atoms with Gasteiger partial charge in [-0.2, -0.15) is 4.98 Å². The van der Waals surface area contributed by atoms with E-state index in [-0.39, 0.29) is 0 Å². The van der Waals surface area contributed by atoms with Crippen LogP contribution >= 0.6 is 0 Å². The number of hydrogen-bond donors (Lipinski definition) is 1. The second-order valence-electron chi connectivity index (χ2n) is 7.56. The molecule has 1 aromatic heterocycles. The summed E-state index contributed by atoms with van der Waals surface area (Å²) in [6, 6.07) is 7.22. The highest BCUT2D eigenvalue weighted by Crippen LogP contribution is 2.56. The molecule has 6 heteroatoms. The first-order valence-corrected chi connectivity index (χ1v) is 8.88. The maximum Gasteiger partial charge on any atom is 0.335 e. The number of benzene rings is 1. The summed E-state index contributed by atoms with van der Waals surface area (Å²) in [5, 5.41) is 12.9. The molecule has 1 aromatic carbocycles. The minimum absolute atomic E-state index is 0.345. The molecule has 1 N–H and O–H groups in total. The number of carbonyl (C=O) groups is 1. The fourth-order valence-corrected chi connectivity index (χ4v) is 4.24. The minimum Gasteiger partial charge on any atom is -0.478 e. The molecule has 25 heavy (non-hydrogen) atoms. The van der Waals surface area contributed by atoms with Gasteiger partial charge >= 0.3 is 5.97 Å². The van der Waals surface area contributed by atoms with E-state index in [2.05, 4.69) is 15.0 Å². The van der Waals surface area contributed by atoms with Crippen molar-refractivity contribution in [1.82, 2.24) is 15.0 Å². The Morgan fingerprint density at radius 3 is 2.52 bits per heavy atom. The van der Waals surface area contributed by atoms with Crippen LogP contribution in [0.4, 0.5) is 0 Å². The average molecular weight is 341 g/mol. The summed E-state index contributed by atoms with van der Waals surface area (Å²) < 4.78 is 5.32. The Morgan fingerprint density at radius 2 is 1.96 bits per heavy atom. The second kappa shape index (κ2) is 6.26. The molecule has 4 rings (SSSR count). The molecule has 0 unspecified atom stereocenters. The fourth-order valence-electron chi connectivity index (χ4n) is 4.24. The molecular formula is C19H23N3O3. The molecule has 6 nitrogen and oxygen atoms in total. The van der Waals surface area contributed by atoms with Crippen LogP contribution < -0.4 is 0 Å². The maximum atomic E-state index is 10.9. The first-order chi connectivity index (χ1) is 12.0. The van der Waals surface area contributed by atoms with Crippen LogP contribution in [0.2, 0.25) is 0 Å². The number of carboxylic acid groups (broad SMARTS) is 1. The Balaban J connectivity index is 1.28. The number of aromatic carboxylic acids is 1. The van der Waals surface area contributed by atoms with E-state index in [1.54, 1.807) is 12.1 Å². The van der Waals surface area contributed by atoms with Crippen molar-refractivity contribution < 1.29 is 14.4 Å². The second-order valence-corrected chi connectivity index (χ2v) is 7.56. The lowest BCUT2D eigenvalue weighted by molar-refractivity contribution is 0.00406. The van der Waals surface area contributed by atoms with E-state index in [4.69, 9.17) is 9.63 Å². The molecule has 0 radical (unpaired) electrons. The first kappa shape index (κ1) is 16.3. The molecule has 2 fully saturated rings. The van der Waals surface area contributed by atoms with Crippen LogP contribution in [0.1, 0.15) is 59.2 Å². The van der Waals surface area contributed by atoms with Crippen LogP contribution in [-0.2, 0) is 6.54 Å². The highest BCUT2D eigenvalue weighted by Gasteiger charge is 2.48. The van der Waals surface area contributed by atoms with E-state index in [9.17, 15) is 4.79 Å². The first-order valence-electron chi connectivity index (χ1n) is 8.88. The summed E-state index contributed by atoms with van der Waals surface area (Å²) in [6.07, 6.45) is 4.75. The van der Waals surface area contributed by atoms with E-state index in [0.717, 1.165) is 44.2 Å². The van der Waals surface area contributed by atoms with Crippen molar-refractivity contribution in [3.05, 3.63) is 47.1 Å². The lowest BCUT2D eigenvalue weighted by atomic mass is 9.57. The van der Waals surface area contributed by atoms with Gasteiger partial charge in [0.05, 0.1) is 5.56 Å². The molecule has 132 valence electrons. The largest absolute Gasteiger partial charge is 0.478 e. The van der Waals surface area contributed by atoms with E-state index in [0.29, 0.717) is 16.9 Å². The molecule has 2 heterocycles. The van der Waals surface area contributed by atoms with Gasteiger partial charge in [-0.05, 0) is 68.8 Å². The summed E-state index contributed by atoms with van der Waals surface area (Å²) in [4.78, 5) is 17.8. The predicted molar refractivity (Wildman–Crippen MR) is 91.4 cm³/mol. The van der Waals surface area contributed by atoms with Crippen LogP contribution in [0.25, 0.3) is 0 Å². The van der Waals surface area contributed by atoms with Gasteiger partial charge in [0, 0.05) is 12.5 Å². The predicted octanol–water partition coefficient (Wildman–Crippen LogP) is 3.24. The Morgan fingerprint density at radius 1 is 1.28 bits per heavy atom. The highest BCUT2D eigenvalue weighted by atomic mass is 16.5. The monoisotopic (exact) mass is 341 g/mol. The number of piperidine rings is 1. The number of nitrogens with zero attached hydrogens (tertiary/aromatic N) is 3. The SMILES string of the molecule is Cc1noc(C2CC3(CCN(Cc4ccc(C(=O)O)cc4)CC3)C2)n1. The zero-order valence-corrected chi connectivity index (χ0v) is 14.4. The quantitative estimate of drug-likeness (QED) is 0.920. The molecule has 1 aliphatic heterocycles. The van der Waals surface area contributed by atoms with Gasteiger partial charge in [0.25, 0.3) is 0 Å². The van der Waals surface area contributed by atoms with E-state index in [1.165, 1.54) is 18.4 Å². The lowest BCUT2D eigenvalue weighted by Crippen LogP contribution is -2.46. The highest BCUT2D eigenvalue weighted by molar-refractivity contribution is 5.87. The van der Waals surface area contributed by atoms with Gasteiger partial charge in [-0.25, -0.2) is 4.79 Å². The Labute approximate surface area is 146 Å². The number of aryl methyl sites for hydroxylation is 1. The van der Waals surface area contributed by atoms with E-state index in [1.807, 2.05) is 19.1 Å². The zero-order valence-electron chi connectivity index (χ0n) is 14.4. The summed E-state index contributed by atoms with van der Waals surface area (Å²) in [5.41, 5.74) is 1.98. The molecule has 2 aliphatic rings. The third-order valence-electron chi connectivity index (χ3n) is 5.78. The topological polar surface area (TPSA) is 79.5 Å². The normalized spacial score (nSPS) is 20.5. The molecule has 1 spiro atoms. The molecular weight excluding hydrogens is 318 g/mol. The van der Waals surface area contributed by atoms with Gasteiger partial charge in [0.15, 0.2) is 5.82 Å². The smallest absolute Gasteiger partial charge is 0.335 e. The summed E-state index contributed by atoms with van der Waals surface area (Å²) in [5.74, 6) is 1.10. The van der Waals surface area contributed by atoms with Crippen LogP contribution in [0.15, 0.2) is 28.8 Å². The molecule has 1 saturated heterocycles. The van der Waals surface area contributed by atoms with E-state index < -0.39 is 5.97 Å². The molecule has 2 aromatic rings. The van der Waals surface area contributed by atoms with Crippen LogP contribution in [-0.4, -0.2) is 39.2 Å². The van der Waals surface area contributed by atoms with Gasteiger partial charge in [-0.3, -0.25) is 4.90 Å². The number of carboxylic acids is 1. The Bertz CT molecular complexity index is 752. The summed E-state index contributed by atoms with van der Waals surface area (Å²) in [6.45, 7) is 4.94. The van der Waals surface area contributed by atoms with Crippen molar-refractivity contribution in [3.63, 3.8) is 0 Å². The lowest BCUT2D eigenvalue weighted by Gasteiger charge is -2.51. The van der Waals surface area contributed by atoms with Gasteiger partial charge in [-0.1, -0.05) is 17.3 Å². The third-order valence-corrected chi connectivity index (χ3v) is 5.78. The van der Waals surface area contributed by atoms with Crippen LogP contribution in [0.5, 0.6) is 0 Å². The molecule has 0 atom stereocenters. The number of hydrogen-bond acceptors (Lipinski definition) is 5.